The zero-order valence-corrected chi connectivity index (χ0v) is 25.1. The van der Waals surface area contributed by atoms with Crippen molar-refractivity contribution in [1.29, 1.82) is 0 Å². The van der Waals surface area contributed by atoms with Crippen molar-refractivity contribution in [2.75, 3.05) is 0 Å². The van der Waals surface area contributed by atoms with Gasteiger partial charge < -0.3 is 48.0 Å². The normalized spacial score (nSPS) is 9.86. The topological polar surface area (TPSA) is 0 Å². The van der Waals surface area contributed by atoms with Crippen LogP contribution in [-0.4, -0.2) is 0 Å². The molecule has 0 aliphatic carbocycles. The molecule has 29 heavy (non-hydrogen) atoms. The molecule has 4 rings (SSSR count). The van der Waals surface area contributed by atoms with Crippen molar-refractivity contribution in [3.05, 3.63) is 81.9 Å². The van der Waals surface area contributed by atoms with E-state index in [2.05, 4.69) is 90.1 Å². The van der Waals surface area contributed by atoms with Gasteiger partial charge in [-0.3, -0.25) is 0 Å². The van der Waals surface area contributed by atoms with Crippen LogP contribution in [0.25, 0.3) is 21.5 Å². The summed E-state index contributed by atoms with van der Waals surface area (Å²) < 4.78 is 0. The summed E-state index contributed by atoms with van der Waals surface area (Å²) in [5.74, 6) is 0. The second kappa shape index (κ2) is 12.8. The fourth-order valence-electron chi connectivity index (χ4n) is 4.04. The molecule has 0 spiro atoms. The van der Waals surface area contributed by atoms with Gasteiger partial charge in [-0.15, -0.1) is 28.5 Å². The van der Waals surface area contributed by atoms with Gasteiger partial charge in [0.05, 0.1) is 0 Å². The first-order chi connectivity index (χ1) is 12.4. The van der Waals surface area contributed by atoms with Crippen LogP contribution in [0.1, 0.15) is 46.7 Å². The molecule has 152 valence electrons. The number of aryl methyl sites for hydroxylation is 1. The molecule has 4 aromatic rings. The predicted octanol–water partition coefficient (Wildman–Crippen LogP) is 1.62. The van der Waals surface area contributed by atoms with E-state index < -0.39 is 0 Å². The Bertz CT molecular complexity index is 1030. The van der Waals surface area contributed by atoms with Gasteiger partial charge in [0.2, 0.25) is 0 Å². The zero-order valence-electron chi connectivity index (χ0n) is 18.3. The van der Waals surface area contributed by atoms with Gasteiger partial charge in [0, 0.05) is 0 Å². The molecule has 0 unspecified atom stereocenters. The van der Waals surface area contributed by atoms with E-state index in [0.29, 0.717) is 0 Å². The molecule has 0 aliphatic rings. The Kier molecular flexibility index (Phi) is 12.8. The Morgan fingerprint density at radius 1 is 0.862 bits per heavy atom. The van der Waals surface area contributed by atoms with Gasteiger partial charge in [0.25, 0.3) is 0 Å². The smallest absolute Gasteiger partial charge is 1.00 e. The van der Waals surface area contributed by atoms with E-state index in [4.69, 9.17) is 0 Å². The Hall–Kier alpha value is 0.00312. The third-order valence-electron chi connectivity index (χ3n) is 5.85. The summed E-state index contributed by atoms with van der Waals surface area (Å²) >= 11 is 0. The van der Waals surface area contributed by atoms with E-state index in [9.17, 15) is 0 Å². The van der Waals surface area contributed by atoms with E-state index >= 15 is 0 Å². The molecule has 0 aromatic heterocycles. The number of fused-ring (bicyclic) bond motifs is 3. The third kappa shape index (κ3) is 6.26. The summed E-state index contributed by atoms with van der Waals surface area (Å²) in [5, 5.41) is 5.41. The maximum atomic E-state index is 2.26. The Balaban J connectivity index is 0.000000496. The molecule has 0 amide bonds. The quantitative estimate of drug-likeness (QED) is 0.222. The van der Waals surface area contributed by atoms with Gasteiger partial charge in [-0.05, 0) is 0 Å². The molecule has 0 N–H and O–H groups in total. The van der Waals surface area contributed by atoms with Gasteiger partial charge >= 0.3 is 26.2 Å². The van der Waals surface area contributed by atoms with Crippen LogP contribution in [0.15, 0.2) is 48.5 Å². The van der Waals surface area contributed by atoms with Crippen molar-refractivity contribution < 1.29 is 74.2 Å². The summed E-state index contributed by atoms with van der Waals surface area (Å²) in [5.41, 5.74) is 8.97. The van der Waals surface area contributed by atoms with Crippen LogP contribution in [0, 0.1) is 34.6 Å². The van der Waals surface area contributed by atoms with E-state index in [1.807, 2.05) is 0 Å². The summed E-state index contributed by atoms with van der Waals surface area (Å²) in [6.45, 7) is 13.4. The summed E-state index contributed by atoms with van der Waals surface area (Å²) in [6, 6.07) is 17.4. The number of halogens is 2. The molecule has 0 saturated heterocycles. The fourth-order valence-corrected chi connectivity index (χ4v) is 4.04. The third-order valence-corrected chi connectivity index (χ3v) is 5.85. The molecule has 0 radical (unpaired) electrons. The summed E-state index contributed by atoms with van der Waals surface area (Å²) in [4.78, 5) is 0. The number of benzene rings is 2. The van der Waals surface area contributed by atoms with Crippen LogP contribution >= 0.6 is 0 Å². The monoisotopic (exact) mass is 686 g/mol. The fraction of sp³-hybridized carbons (Fsp3) is 0.308. The molecule has 4 aromatic carbocycles. The van der Waals surface area contributed by atoms with E-state index in [0.717, 1.165) is 0 Å². The van der Waals surface area contributed by atoms with Crippen molar-refractivity contribution in [2.45, 2.75) is 54.4 Å². The van der Waals surface area contributed by atoms with E-state index in [1.54, 1.807) is 5.56 Å². The van der Waals surface area contributed by atoms with Crippen molar-refractivity contribution in [3.8, 4) is 0 Å². The molecule has 3 heteroatoms. The Morgan fingerprint density at radius 3 is 2.07 bits per heavy atom. The van der Waals surface area contributed by atoms with Crippen LogP contribution in [0.2, 0.25) is 0 Å². The van der Waals surface area contributed by atoms with Crippen molar-refractivity contribution in [3.63, 3.8) is 0 Å². The average molecular weight is 688 g/mol. The van der Waals surface area contributed by atoms with Gasteiger partial charge in [-0.1, -0.05) is 95.5 Å². The zero-order chi connectivity index (χ0) is 18.8. The number of hydrogen-bond acceptors (Lipinski definition) is 0. The molecule has 0 atom stereocenters. The van der Waals surface area contributed by atoms with Gasteiger partial charge in [-0.2, -0.15) is 33.9 Å². The standard InChI is InChI=1S/C14H11.C12H19.2HI.Zr/c1-10-8-12-7-6-11-4-2-3-5-13(11)14(12)9-10;1-6-7-12-10(4)8(2)9(3)11(12)5;;;/h2-9H,1H3;6-7H2,1-5H3;2*1H;/q2*-1;;;+4/p-2. The Morgan fingerprint density at radius 2 is 1.48 bits per heavy atom. The Labute approximate surface area is 229 Å². The summed E-state index contributed by atoms with van der Waals surface area (Å²) in [6.07, 6.45) is 2.50. The van der Waals surface area contributed by atoms with Gasteiger partial charge in [0.1, 0.15) is 0 Å². The largest absolute Gasteiger partial charge is 4.00 e. The first-order valence-electron chi connectivity index (χ1n) is 9.70. The second-order valence-corrected chi connectivity index (χ2v) is 7.55. The summed E-state index contributed by atoms with van der Waals surface area (Å²) in [7, 11) is 0. The first kappa shape index (κ1) is 29.0. The predicted molar refractivity (Wildman–Crippen MR) is 117 cm³/mol. The van der Waals surface area contributed by atoms with Crippen LogP contribution in [0.3, 0.4) is 0 Å². The minimum atomic E-state index is 0. The molecule has 0 heterocycles. The van der Waals surface area contributed by atoms with E-state index in [-0.39, 0.29) is 74.2 Å². The molecular weight excluding hydrogens is 657 g/mol. The average Bonchev–Trinajstić information content (AvgIpc) is 3.12. The maximum Gasteiger partial charge on any atom is 4.00 e. The van der Waals surface area contributed by atoms with Crippen molar-refractivity contribution in [2.24, 2.45) is 0 Å². The van der Waals surface area contributed by atoms with Crippen LogP contribution < -0.4 is 48.0 Å². The minimum absolute atomic E-state index is 0. The number of rotatable bonds is 2. The molecular formula is C26H30I2Zr. The van der Waals surface area contributed by atoms with Crippen molar-refractivity contribution in [1.82, 2.24) is 0 Å². The molecule has 0 nitrogen and oxygen atoms in total. The molecule has 0 bridgehead atoms. The van der Waals surface area contributed by atoms with Crippen LogP contribution in [-0.2, 0) is 32.6 Å². The van der Waals surface area contributed by atoms with Gasteiger partial charge in [-0.25, -0.2) is 0 Å². The van der Waals surface area contributed by atoms with Crippen molar-refractivity contribution >= 4 is 21.5 Å². The number of hydrogen-bond donors (Lipinski definition) is 0. The molecule has 0 aliphatic heterocycles. The maximum absolute atomic E-state index is 2.26. The van der Waals surface area contributed by atoms with Crippen LogP contribution in [0.5, 0.6) is 0 Å². The van der Waals surface area contributed by atoms with Gasteiger partial charge in [0.15, 0.2) is 0 Å². The SMILES string of the molecule is CCCc1c(C)c(C)c(C)[c-]1C.Cc1cc2ccc3ccccc3c2[cH-]1.[I-].[I-].[Zr+4]. The molecule has 0 fully saturated rings. The molecule has 0 saturated carbocycles. The second-order valence-electron chi connectivity index (χ2n) is 7.55. The van der Waals surface area contributed by atoms with Crippen LogP contribution in [0.4, 0.5) is 0 Å². The first-order valence-corrected chi connectivity index (χ1v) is 9.70. The minimum Gasteiger partial charge on any atom is -1.00 e. The van der Waals surface area contributed by atoms with E-state index in [1.165, 1.54) is 62.2 Å².